The van der Waals surface area contributed by atoms with Gasteiger partial charge in [-0.2, -0.15) is 5.10 Å². The van der Waals surface area contributed by atoms with Gasteiger partial charge in [0, 0.05) is 26.1 Å². The third-order valence-corrected chi connectivity index (χ3v) is 4.01. The average Bonchev–Trinajstić information content (AvgIpc) is 3.10. The SMILES string of the molecule is CCc1nc([C@@H]2CN(Cc3cccc(OCC(N)=O)c3)CCO2)n[nH]1. The van der Waals surface area contributed by atoms with Crippen LogP contribution >= 0.6 is 0 Å². The maximum atomic E-state index is 10.8. The van der Waals surface area contributed by atoms with Gasteiger partial charge < -0.3 is 15.2 Å². The summed E-state index contributed by atoms with van der Waals surface area (Å²) in [6.07, 6.45) is 0.696. The molecule has 1 aliphatic rings. The highest BCUT2D eigenvalue weighted by molar-refractivity contribution is 5.75. The number of amides is 1. The minimum Gasteiger partial charge on any atom is -0.484 e. The fraction of sp³-hybridized carbons (Fsp3) is 0.471. The molecule has 0 unspecified atom stereocenters. The number of nitrogens with two attached hydrogens (primary N) is 1. The summed E-state index contributed by atoms with van der Waals surface area (Å²) in [4.78, 5) is 17.6. The van der Waals surface area contributed by atoms with Gasteiger partial charge in [0.2, 0.25) is 0 Å². The van der Waals surface area contributed by atoms with E-state index in [1.165, 1.54) is 0 Å². The van der Waals surface area contributed by atoms with Crippen LogP contribution in [-0.2, 0) is 22.5 Å². The zero-order valence-electron chi connectivity index (χ0n) is 14.3. The number of rotatable bonds is 7. The van der Waals surface area contributed by atoms with Crippen molar-refractivity contribution in [2.75, 3.05) is 26.3 Å². The molecule has 0 saturated carbocycles. The topological polar surface area (TPSA) is 106 Å². The van der Waals surface area contributed by atoms with Crippen molar-refractivity contribution < 1.29 is 14.3 Å². The standard InChI is InChI=1S/C17H23N5O3/c1-2-16-19-17(21-20-16)14-10-22(6-7-24-14)9-12-4-3-5-13(8-12)25-11-15(18)23/h3-5,8,14H,2,6-7,9-11H2,1H3,(H2,18,23)(H,19,20,21)/t14-/m0/s1. The van der Waals surface area contributed by atoms with Gasteiger partial charge in [-0.15, -0.1) is 0 Å². The van der Waals surface area contributed by atoms with Crippen molar-refractivity contribution in [2.45, 2.75) is 26.0 Å². The van der Waals surface area contributed by atoms with Crippen molar-refractivity contribution in [1.82, 2.24) is 20.1 Å². The maximum absolute atomic E-state index is 10.8. The summed E-state index contributed by atoms with van der Waals surface area (Å²) in [5, 5.41) is 7.19. The molecule has 8 heteroatoms. The number of carbonyl (C=O) groups excluding carboxylic acids is 1. The molecule has 1 aromatic carbocycles. The van der Waals surface area contributed by atoms with Gasteiger partial charge in [-0.3, -0.25) is 14.8 Å². The number of morpholine rings is 1. The van der Waals surface area contributed by atoms with Gasteiger partial charge in [0.25, 0.3) is 5.91 Å². The van der Waals surface area contributed by atoms with E-state index < -0.39 is 5.91 Å². The molecule has 1 aromatic heterocycles. The molecule has 1 aliphatic heterocycles. The Morgan fingerprint density at radius 2 is 2.40 bits per heavy atom. The first-order valence-corrected chi connectivity index (χ1v) is 8.39. The molecular formula is C17H23N5O3. The van der Waals surface area contributed by atoms with Gasteiger partial charge in [0.15, 0.2) is 12.4 Å². The Labute approximate surface area is 146 Å². The van der Waals surface area contributed by atoms with E-state index in [1.54, 1.807) is 0 Å². The van der Waals surface area contributed by atoms with Crippen LogP contribution < -0.4 is 10.5 Å². The van der Waals surface area contributed by atoms with Gasteiger partial charge in [0.1, 0.15) is 17.7 Å². The first-order chi connectivity index (χ1) is 12.1. The summed E-state index contributed by atoms with van der Waals surface area (Å²) >= 11 is 0. The highest BCUT2D eigenvalue weighted by Gasteiger charge is 2.25. The molecule has 8 nitrogen and oxygen atoms in total. The normalized spacial score (nSPS) is 18.2. The minimum absolute atomic E-state index is 0.117. The van der Waals surface area contributed by atoms with Gasteiger partial charge in [-0.1, -0.05) is 19.1 Å². The first kappa shape index (κ1) is 17.4. The quantitative estimate of drug-likeness (QED) is 0.769. The number of aromatic nitrogens is 3. The summed E-state index contributed by atoms with van der Waals surface area (Å²) < 4.78 is 11.2. The van der Waals surface area contributed by atoms with Crippen LogP contribution in [0.5, 0.6) is 5.75 Å². The molecule has 25 heavy (non-hydrogen) atoms. The molecule has 3 rings (SSSR count). The lowest BCUT2D eigenvalue weighted by Crippen LogP contribution is -2.38. The number of aryl methyl sites for hydroxylation is 1. The van der Waals surface area contributed by atoms with Crippen LogP contribution in [0.15, 0.2) is 24.3 Å². The van der Waals surface area contributed by atoms with Crippen LogP contribution in [0.3, 0.4) is 0 Å². The number of nitrogens with one attached hydrogen (secondary N) is 1. The lowest BCUT2D eigenvalue weighted by atomic mass is 10.1. The molecular weight excluding hydrogens is 322 g/mol. The number of hydrogen-bond acceptors (Lipinski definition) is 6. The smallest absolute Gasteiger partial charge is 0.255 e. The molecule has 2 aromatic rings. The molecule has 0 aliphatic carbocycles. The van der Waals surface area contributed by atoms with E-state index in [4.69, 9.17) is 15.2 Å². The number of nitrogens with zero attached hydrogens (tertiary/aromatic N) is 3. The molecule has 0 spiro atoms. The van der Waals surface area contributed by atoms with E-state index in [0.717, 1.165) is 37.4 Å². The Bertz CT molecular complexity index is 718. The minimum atomic E-state index is -0.487. The highest BCUT2D eigenvalue weighted by Crippen LogP contribution is 2.22. The van der Waals surface area contributed by atoms with Crippen molar-refractivity contribution in [3.8, 4) is 5.75 Å². The van der Waals surface area contributed by atoms with Crippen molar-refractivity contribution in [2.24, 2.45) is 5.73 Å². The molecule has 1 saturated heterocycles. The van der Waals surface area contributed by atoms with Crippen LogP contribution in [0.1, 0.15) is 30.2 Å². The largest absolute Gasteiger partial charge is 0.484 e. The molecule has 3 N–H and O–H groups in total. The number of H-pyrrole nitrogens is 1. The fourth-order valence-electron chi connectivity index (χ4n) is 2.76. The van der Waals surface area contributed by atoms with Crippen molar-refractivity contribution in [3.63, 3.8) is 0 Å². The second-order valence-electron chi connectivity index (χ2n) is 5.99. The van der Waals surface area contributed by atoms with E-state index >= 15 is 0 Å². The monoisotopic (exact) mass is 345 g/mol. The zero-order chi connectivity index (χ0) is 17.6. The molecule has 2 heterocycles. The predicted octanol–water partition coefficient (Wildman–Crippen LogP) is 0.805. The Balaban J connectivity index is 1.60. The number of ether oxygens (including phenoxy) is 2. The highest BCUT2D eigenvalue weighted by atomic mass is 16.5. The Hall–Kier alpha value is -2.45. The second kappa shape index (κ2) is 8.09. The van der Waals surface area contributed by atoms with E-state index in [0.29, 0.717) is 18.2 Å². The number of benzene rings is 1. The van der Waals surface area contributed by atoms with Crippen molar-refractivity contribution in [1.29, 1.82) is 0 Å². The molecule has 1 amide bonds. The summed E-state index contributed by atoms with van der Waals surface area (Å²) in [6.45, 7) is 4.89. The van der Waals surface area contributed by atoms with Crippen LogP contribution in [0, 0.1) is 0 Å². The lowest BCUT2D eigenvalue weighted by Gasteiger charge is -2.31. The van der Waals surface area contributed by atoms with Crippen LogP contribution in [0.25, 0.3) is 0 Å². The summed E-state index contributed by atoms with van der Waals surface area (Å²) in [6, 6.07) is 7.68. The fourth-order valence-corrected chi connectivity index (χ4v) is 2.76. The Kier molecular flexibility index (Phi) is 5.62. The number of aromatic amines is 1. The molecule has 1 atom stereocenters. The summed E-state index contributed by atoms with van der Waals surface area (Å²) in [5.41, 5.74) is 6.21. The number of carbonyl (C=O) groups is 1. The van der Waals surface area contributed by atoms with E-state index in [-0.39, 0.29) is 12.7 Å². The average molecular weight is 345 g/mol. The lowest BCUT2D eigenvalue weighted by molar-refractivity contribution is -0.119. The van der Waals surface area contributed by atoms with E-state index in [1.807, 2.05) is 31.2 Å². The van der Waals surface area contributed by atoms with Gasteiger partial charge >= 0.3 is 0 Å². The Morgan fingerprint density at radius 3 is 3.16 bits per heavy atom. The van der Waals surface area contributed by atoms with Gasteiger partial charge in [-0.25, -0.2) is 4.98 Å². The van der Waals surface area contributed by atoms with Crippen LogP contribution in [0.4, 0.5) is 0 Å². The molecule has 134 valence electrons. The molecule has 1 fully saturated rings. The second-order valence-corrected chi connectivity index (χ2v) is 5.99. The third-order valence-electron chi connectivity index (χ3n) is 4.01. The molecule has 0 radical (unpaired) electrons. The van der Waals surface area contributed by atoms with Crippen molar-refractivity contribution in [3.05, 3.63) is 41.5 Å². The summed E-state index contributed by atoms with van der Waals surface area (Å²) in [7, 11) is 0. The zero-order valence-corrected chi connectivity index (χ0v) is 14.3. The van der Waals surface area contributed by atoms with Crippen LogP contribution in [-0.4, -0.2) is 52.3 Å². The number of primary amides is 1. The van der Waals surface area contributed by atoms with E-state index in [9.17, 15) is 4.79 Å². The maximum Gasteiger partial charge on any atom is 0.255 e. The van der Waals surface area contributed by atoms with Crippen molar-refractivity contribution >= 4 is 5.91 Å². The first-order valence-electron chi connectivity index (χ1n) is 8.39. The third kappa shape index (κ3) is 4.77. The van der Waals surface area contributed by atoms with Gasteiger partial charge in [0.05, 0.1) is 6.61 Å². The van der Waals surface area contributed by atoms with Gasteiger partial charge in [-0.05, 0) is 17.7 Å². The van der Waals surface area contributed by atoms with E-state index in [2.05, 4.69) is 20.1 Å². The Morgan fingerprint density at radius 1 is 1.52 bits per heavy atom. The number of hydrogen-bond donors (Lipinski definition) is 2. The predicted molar refractivity (Wildman–Crippen MR) is 90.9 cm³/mol. The van der Waals surface area contributed by atoms with Crippen LogP contribution in [0.2, 0.25) is 0 Å². The summed E-state index contributed by atoms with van der Waals surface area (Å²) in [5.74, 6) is 1.73. The molecule has 0 bridgehead atoms.